The van der Waals surface area contributed by atoms with E-state index in [0.717, 1.165) is 6.54 Å². The minimum absolute atomic E-state index is 0.0936. The van der Waals surface area contributed by atoms with Crippen LogP contribution in [0.15, 0.2) is 30.7 Å². The van der Waals surface area contributed by atoms with Gasteiger partial charge in [-0.15, -0.1) is 0 Å². The van der Waals surface area contributed by atoms with E-state index in [4.69, 9.17) is 11.6 Å². The molecule has 0 atom stereocenters. The van der Waals surface area contributed by atoms with Gasteiger partial charge < -0.3 is 0 Å². The Morgan fingerprint density at radius 2 is 2.19 bits per heavy atom. The Morgan fingerprint density at radius 3 is 2.75 bits per heavy atom. The van der Waals surface area contributed by atoms with Gasteiger partial charge in [0.2, 0.25) is 0 Å². The lowest BCUT2D eigenvalue weighted by Gasteiger charge is -1.97. The second kappa shape index (κ2) is 4.45. The van der Waals surface area contributed by atoms with Crippen molar-refractivity contribution in [2.75, 3.05) is 0 Å². The van der Waals surface area contributed by atoms with Gasteiger partial charge in [-0.05, 0) is 19.1 Å². The highest BCUT2D eigenvalue weighted by Crippen LogP contribution is 2.10. The van der Waals surface area contributed by atoms with E-state index in [1.54, 1.807) is 29.2 Å². The van der Waals surface area contributed by atoms with Crippen LogP contribution in [-0.4, -0.2) is 20.5 Å². The summed E-state index contributed by atoms with van der Waals surface area (Å²) >= 11 is 5.65. The second-order valence-corrected chi connectivity index (χ2v) is 3.67. The first-order valence-corrected chi connectivity index (χ1v) is 5.27. The summed E-state index contributed by atoms with van der Waals surface area (Å²) < 4.78 is 1.70. The van der Waals surface area contributed by atoms with Crippen molar-refractivity contribution in [3.63, 3.8) is 0 Å². The van der Waals surface area contributed by atoms with Crippen LogP contribution in [-0.2, 0) is 6.54 Å². The maximum atomic E-state index is 12.0. The third-order valence-electron chi connectivity index (χ3n) is 2.21. The van der Waals surface area contributed by atoms with Crippen LogP contribution < -0.4 is 0 Å². The van der Waals surface area contributed by atoms with Gasteiger partial charge in [0.05, 0.1) is 11.8 Å². The number of carbonyl (C=O) groups is 1. The number of rotatable bonds is 3. The summed E-state index contributed by atoms with van der Waals surface area (Å²) in [4.78, 5) is 15.8. The number of nitrogens with zero attached hydrogens (tertiary/aromatic N) is 3. The molecule has 0 saturated heterocycles. The Balaban J connectivity index is 2.28. The molecule has 0 aliphatic carbocycles. The molecule has 5 heteroatoms. The Bertz CT molecular complexity index is 504. The van der Waals surface area contributed by atoms with Gasteiger partial charge in [-0.2, -0.15) is 5.10 Å². The quantitative estimate of drug-likeness (QED) is 0.605. The standard InChI is InChI=1S/C11H10ClN3O/c1-2-15-7-9(6-14-15)11(16)8-3-4-10(12)13-5-8/h3-7H,2H2,1H3. The first-order chi connectivity index (χ1) is 7.70. The van der Waals surface area contributed by atoms with Crippen LogP contribution in [0.4, 0.5) is 0 Å². The lowest BCUT2D eigenvalue weighted by atomic mass is 10.1. The zero-order valence-electron chi connectivity index (χ0n) is 8.72. The van der Waals surface area contributed by atoms with Crippen LogP contribution in [0.1, 0.15) is 22.8 Å². The molecule has 0 radical (unpaired) electrons. The summed E-state index contributed by atoms with van der Waals surface area (Å²) in [6.07, 6.45) is 4.74. The van der Waals surface area contributed by atoms with Crippen LogP contribution in [0, 0.1) is 0 Å². The van der Waals surface area contributed by atoms with Crippen LogP contribution in [0.25, 0.3) is 0 Å². The van der Waals surface area contributed by atoms with E-state index < -0.39 is 0 Å². The van der Waals surface area contributed by atoms with Gasteiger partial charge >= 0.3 is 0 Å². The van der Waals surface area contributed by atoms with E-state index >= 15 is 0 Å². The van der Waals surface area contributed by atoms with Gasteiger partial charge in [0.25, 0.3) is 0 Å². The number of aromatic nitrogens is 3. The van der Waals surface area contributed by atoms with Gasteiger partial charge in [-0.3, -0.25) is 9.48 Å². The van der Waals surface area contributed by atoms with Crippen molar-refractivity contribution in [3.05, 3.63) is 47.0 Å². The summed E-state index contributed by atoms with van der Waals surface area (Å²) in [5.41, 5.74) is 1.08. The first-order valence-electron chi connectivity index (χ1n) is 4.89. The minimum atomic E-state index is -0.0936. The lowest BCUT2D eigenvalue weighted by molar-refractivity contribution is 0.103. The zero-order valence-corrected chi connectivity index (χ0v) is 9.48. The predicted molar refractivity (Wildman–Crippen MR) is 60.6 cm³/mol. The van der Waals surface area contributed by atoms with Gasteiger partial charge in [-0.25, -0.2) is 4.98 Å². The van der Waals surface area contributed by atoms with E-state index in [1.165, 1.54) is 6.20 Å². The molecule has 16 heavy (non-hydrogen) atoms. The molecule has 0 aliphatic heterocycles. The maximum Gasteiger partial charge on any atom is 0.197 e. The van der Waals surface area contributed by atoms with Gasteiger partial charge in [0.1, 0.15) is 5.15 Å². The van der Waals surface area contributed by atoms with Gasteiger partial charge in [0, 0.05) is 24.5 Å². The highest BCUT2D eigenvalue weighted by atomic mass is 35.5. The fourth-order valence-corrected chi connectivity index (χ4v) is 1.44. The predicted octanol–water partition coefficient (Wildman–Crippen LogP) is 2.18. The van der Waals surface area contributed by atoms with Crippen LogP contribution in [0.5, 0.6) is 0 Å². The number of pyridine rings is 1. The summed E-state index contributed by atoms with van der Waals surface area (Å²) in [7, 11) is 0. The summed E-state index contributed by atoms with van der Waals surface area (Å²) in [5.74, 6) is -0.0936. The van der Waals surface area contributed by atoms with E-state index in [0.29, 0.717) is 16.3 Å². The van der Waals surface area contributed by atoms with Crippen molar-refractivity contribution in [3.8, 4) is 0 Å². The molecule has 0 N–H and O–H groups in total. The third kappa shape index (κ3) is 2.12. The topological polar surface area (TPSA) is 47.8 Å². The van der Waals surface area contributed by atoms with Gasteiger partial charge in [-0.1, -0.05) is 11.6 Å². The smallest absolute Gasteiger partial charge is 0.197 e. The van der Waals surface area contributed by atoms with E-state index in [2.05, 4.69) is 10.1 Å². The maximum absolute atomic E-state index is 12.0. The largest absolute Gasteiger partial charge is 0.288 e. The Morgan fingerprint density at radius 1 is 1.38 bits per heavy atom. The molecule has 0 saturated carbocycles. The molecule has 2 rings (SSSR count). The average molecular weight is 236 g/mol. The number of carbonyl (C=O) groups excluding carboxylic acids is 1. The molecule has 0 bridgehead atoms. The third-order valence-corrected chi connectivity index (χ3v) is 2.43. The molecular formula is C11H10ClN3O. The van der Waals surface area contributed by atoms with E-state index in [9.17, 15) is 4.79 Å². The number of aryl methyl sites for hydroxylation is 1. The van der Waals surface area contributed by atoms with E-state index in [-0.39, 0.29) is 5.78 Å². The Kier molecular flexibility index (Phi) is 3.01. The fourth-order valence-electron chi connectivity index (χ4n) is 1.33. The van der Waals surface area contributed by atoms with Crippen LogP contribution in [0.2, 0.25) is 5.15 Å². The minimum Gasteiger partial charge on any atom is -0.288 e. The normalized spacial score (nSPS) is 10.4. The number of hydrogen-bond acceptors (Lipinski definition) is 3. The SMILES string of the molecule is CCn1cc(C(=O)c2ccc(Cl)nc2)cn1. The van der Waals surface area contributed by atoms with Gasteiger partial charge in [0.15, 0.2) is 5.78 Å². The number of halogens is 1. The molecule has 4 nitrogen and oxygen atoms in total. The number of ketones is 1. The first kappa shape index (κ1) is 10.8. The summed E-state index contributed by atoms with van der Waals surface area (Å²) in [6.45, 7) is 2.71. The number of hydrogen-bond donors (Lipinski definition) is 0. The molecule has 0 aromatic carbocycles. The molecule has 0 fully saturated rings. The molecule has 2 aromatic rings. The molecule has 2 aromatic heterocycles. The molecule has 0 amide bonds. The molecular weight excluding hydrogens is 226 g/mol. The zero-order chi connectivity index (χ0) is 11.5. The lowest BCUT2D eigenvalue weighted by Crippen LogP contribution is -2.00. The monoisotopic (exact) mass is 235 g/mol. The van der Waals surface area contributed by atoms with Crippen molar-refractivity contribution in [1.82, 2.24) is 14.8 Å². The molecule has 2 heterocycles. The highest BCUT2D eigenvalue weighted by molar-refractivity contribution is 6.29. The second-order valence-electron chi connectivity index (χ2n) is 3.28. The van der Waals surface area contributed by atoms with Crippen molar-refractivity contribution in [2.45, 2.75) is 13.5 Å². The van der Waals surface area contributed by atoms with Crippen LogP contribution >= 0.6 is 11.6 Å². The summed E-state index contributed by atoms with van der Waals surface area (Å²) in [6, 6.07) is 3.25. The molecule has 0 spiro atoms. The molecule has 0 unspecified atom stereocenters. The van der Waals surface area contributed by atoms with E-state index in [1.807, 2.05) is 6.92 Å². The average Bonchev–Trinajstić information content (AvgIpc) is 2.77. The fraction of sp³-hybridized carbons (Fsp3) is 0.182. The van der Waals surface area contributed by atoms with Crippen molar-refractivity contribution < 1.29 is 4.79 Å². The van der Waals surface area contributed by atoms with Crippen molar-refractivity contribution >= 4 is 17.4 Å². The summed E-state index contributed by atoms with van der Waals surface area (Å²) in [5, 5.41) is 4.42. The molecule has 82 valence electrons. The van der Waals surface area contributed by atoms with Crippen molar-refractivity contribution in [1.29, 1.82) is 0 Å². The highest BCUT2D eigenvalue weighted by Gasteiger charge is 2.11. The van der Waals surface area contributed by atoms with Crippen LogP contribution in [0.3, 0.4) is 0 Å². The molecule has 0 aliphatic rings. The Labute approximate surface area is 97.9 Å². The Hall–Kier alpha value is -1.68. The van der Waals surface area contributed by atoms with Crippen molar-refractivity contribution in [2.24, 2.45) is 0 Å².